The van der Waals surface area contributed by atoms with E-state index in [1.165, 1.54) is 12.8 Å². The lowest BCUT2D eigenvalue weighted by Crippen LogP contribution is -2.32. The summed E-state index contributed by atoms with van der Waals surface area (Å²) in [5.41, 5.74) is 0.0986. The van der Waals surface area contributed by atoms with Crippen molar-refractivity contribution in [2.75, 3.05) is 39.5 Å². The summed E-state index contributed by atoms with van der Waals surface area (Å²) in [6.07, 6.45) is 4.53. The lowest BCUT2D eigenvalue weighted by molar-refractivity contribution is -0.164. The molecule has 0 aliphatic carbocycles. The fraction of sp³-hybridized carbons (Fsp3) is 1.00. The summed E-state index contributed by atoms with van der Waals surface area (Å²) in [6.45, 7) is 7.04. The van der Waals surface area contributed by atoms with Crippen molar-refractivity contribution in [2.45, 2.75) is 38.9 Å². The van der Waals surface area contributed by atoms with E-state index in [0.29, 0.717) is 0 Å². The Bertz CT molecular complexity index is 231. The van der Waals surface area contributed by atoms with E-state index in [1.807, 2.05) is 0 Å². The minimum atomic E-state index is 0.0237. The molecule has 0 spiro atoms. The smallest absolute Gasteiger partial charge is 0.157 e. The van der Waals surface area contributed by atoms with Gasteiger partial charge < -0.3 is 19.5 Å². The van der Waals surface area contributed by atoms with Gasteiger partial charge in [-0.1, -0.05) is 6.92 Å². The summed E-state index contributed by atoms with van der Waals surface area (Å²) in [5.74, 6) is 0. The van der Waals surface area contributed by atoms with Gasteiger partial charge in [0.15, 0.2) is 6.29 Å². The molecule has 0 radical (unpaired) electrons. The summed E-state index contributed by atoms with van der Waals surface area (Å²) >= 11 is 0. The summed E-state index contributed by atoms with van der Waals surface area (Å²) in [7, 11) is 0. The topological polar surface area (TPSA) is 41.9 Å². The lowest BCUT2D eigenvalue weighted by atomic mass is 9.91. The van der Waals surface area contributed by atoms with Crippen LogP contribution in [0.25, 0.3) is 0 Å². The molecule has 0 amide bonds. The van der Waals surface area contributed by atoms with Crippen molar-refractivity contribution in [3.8, 4) is 0 Å². The average molecular weight is 243 g/mol. The number of rotatable bonds is 5. The second-order valence-corrected chi connectivity index (χ2v) is 5.66. The number of aliphatic hydroxyl groups is 1. The van der Waals surface area contributed by atoms with Crippen LogP contribution in [-0.2, 0) is 9.47 Å². The van der Waals surface area contributed by atoms with Gasteiger partial charge in [0, 0.05) is 31.7 Å². The van der Waals surface area contributed by atoms with Crippen LogP contribution >= 0.6 is 0 Å². The molecule has 2 saturated heterocycles. The Hall–Kier alpha value is -0.160. The molecular weight excluding hydrogens is 218 g/mol. The number of aliphatic hydroxyl groups excluding tert-OH is 1. The highest BCUT2D eigenvalue weighted by atomic mass is 16.7. The van der Waals surface area contributed by atoms with E-state index in [-0.39, 0.29) is 18.3 Å². The van der Waals surface area contributed by atoms with Crippen molar-refractivity contribution in [3.63, 3.8) is 0 Å². The number of likely N-dealkylation sites (tertiary alicyclic amines) is 1. The predicted octanol–water partition coefficient (Wildman–Crippen LogP) is 1.23. The van der Waals surface area contributed by atoms with Gasteiger partial charge in [-0.2, -0.15) is 0 Å². The van der Waals surface area contributed by atoms with Crippen LogP contribution in [0.5, 0.6) is 0 Å². The van der Waals surface area contributed by atoms with Gasteiger partial charge in [-0.25, -0.2) is 0 Å². The molecular formula is C13H25NO3. The van der Waals surface area contributed by atoms with Crippen LogP contribution < -0.4 is 0 Å². The minimum Gasteiger partial charge on any atom is -0.396 e. The fourth-order valence-electron chi connectivity index (χ4n) is 2.60. The first kappa shape index (κ1) is 13.3. The lowest BCUT2D eigenvalue weighted by Gasteiger charge is -2.25. The normalized spacial score (nSPS) is 35.3. The van der Waals surface area contributed by atoms with E-state index in [2.05, 4.69) is 11.8 Å². The Kier molecular flexibility index (Phi) is 4.79. The van der Waals surface area contributed by atoms with Crippen LogP contribution in [0.3, 0.4) is 0 Å². The predicted molar refractivity (Wildman–Crippen MR) is 65.8 cm³/mol. The number of hydrogen-bond acceptors (Lipinski definition) is 4. The zero-order valence-corrected chi connectivity index (χ0v) is 10.9. The van der Waals surface area contributed by atoms with E-state index in [9.17, 15) is 5.11 Å². The van der Waals surface area contributed by atoms with Gasteiger partial charge in [-0.05, 0) is 32.2 Å². The molecule has 0 aromatic heterocycles. The molecule has 2 atom stereocenters. The SMILES string of the molecule is C[C@]1(CO)CCN(CCO[C@@H]2CCCCO2)C1. The average Bonchev–Trinajstić information content (AvgIpc) is 2.74. The summed E-state index contributed by atoms with van der Waals surface area (Å²) in [4.78, 5) is 2.37. The quantitative estimate of drug-likeness (QED) is 0.788. The molecule has 2 aliphatic heterocycles. The maximum Gasteiger partial charge on any atom is 0.157 e. The first-order valence-electron chi connectivity index (χ1n) is 6.78. The molecule has 17 heavy (non-hydrogen) atoms. The third-order valence-electron chi connectivity index (χ3n) is 3.87. The highest BCUT2D eigenvalue weighted by Gasteiger charge is 2.32. The van der Waals surface area contributed by atoms with E-state index in [1.54, 1.807) is 0 Å². The van der Waals surface area contributed by atoms with Gasteiger partial charge in [0.05, 0.1) is 6.61 Å². The molecule has 2 rings (SSSR count). The molecule has 0 saturated carbocycles. The molecule has 2 aliphatic rings. The molecule has 100 valence electrons. The second kappa shape index (κ2) is 6.14. The van der Waals surface area contributed by atoms with Crippen LogP contribution in [0.1, 0.15) is 32.6 Å². The van der Waals surface area contributed by atoms with Crippen molar-refractivity contribution in [3.05, 3.63) is 0 Å². The molecule has 0 aromatic carbocycles. The molecule has 1 N–H and O–H groups in total. The van der Waals surface area contributed by atoms with Gasteiger partial charge in [-0.15, -0.1) is 0 Å². The largest absolute Gasteiger partial charge is 0.396 e. The summed E-state index contributed by atoms with van der Waals surface area (Å²) < 4.78 is 11.2. The molecule has 0 aromatic rings. The van der Waals surface area contributed by atoms with E-state index >= 15 is 0 Å². The van der Waals surface area contributed by atoms with Crippen LogP contribution in [0.15, 0.2) is 0 Å². The summed E-state index contributed by atoms with van der Waals surface area (Å²) in [5, 5.41) is 9.29. The molecule has 4 heteroatoms. The van der Waals surface area contributed by atoms with Gasteiger partial charge in [0.25, 0.3) is 0 Å². The Morgan fingerprint density at radius 2 is 2.35 bits per heavy atom. The van der Waals surface area contributed by atoms with Crippen LogP contribution in [-0.4, -0.2) is 55.8 Å². The third kappa shape index (κ3) is 3.91. The third-order valence-corrected chi connectivity index (χ3v) is 3.87. The summed E-state index contributed by atoms with van der Waals surface area (Å²) in [6, 6.07) is 0. The van der Waals surface area contributed by atoms with Gasteiger partial charge in [-0.3, -0.25) is 0 Å². The highest BCUT2D eigenvalue weighted by molar-refractivity contribution is 4.85. The number of ether oxygens (including phenoxy) is 2. The number of hydrogen-bond donors (Lipinski definition) is 1. The molecule has 2 heterocycles. The Morgan fingerprint density at radius 3 is 3.00 bits per heavy atom. The van der Waals surface area contributed by atoms with Gasteiger partial charge >= 0.3 is 0 Å². The second-order valence-electron chi connectivity index (χ2n) is 5.66. The van der Waals surface area contributed by atoms with Crippen molar-refractivity contribution in [1.29, 1.82) is 0 Å². The Morgan fingerprint density at radius 1 is 1.47 bits per heavy atom. The molecule has 0 unspecified atom stereocenters. The Balaban J connectivity index is 1.59. The minimum absolute atomic E-state index is 0.0237. The van der Waals surface area contributed by atoms with E-state index < -0.39 is 0 Å². The molecule has 2 fully saturated rings. The van der Waals surface area contributed by atoms with Crippen LogP contribution in [0.4, 0.5) is 0 Å². The number of nitrogens with zero attached hydrogens (tertiary/aromatic N) is 1. The van der Waals surface area contributed by atoms with Crippen molar-refractivity contribution in [1.82, 2.24) is 4.90 Å². The monoisotopic (exact) mass is 243 g/mol. The maximum absolute atomic E-state index is 9.29. The standard InChI is InChI=1S/C13H25NO3/c1-13(11-15)5-6-14(10-13)7-9-17-12-4-2-3-8-16-12/h12,15H,2-11H2,1H3/t12-,13+/m1/s1. The van der Waals surface area contributed by atoms with Crippen molar-refractivity contribution < 1.29 is 14.6 Å². The Labute approximate surface area is 104 Å². The zero-order valence-electron chi connectivity index (χ0n) is 10.9. The maximum atomic E-state index is 9.29. The van der Waals surface area contributed by atoms with Crippen molar-refractivity contribution in [2.24, 2.45) is 5.41 Å². The first-order chi connectivity index (χ1) is 8.22. The molecule has 4 nitrogen and oxygen atoms in total. The molecule has 0 bridgehead atoms. The van der Waals surface area contributed by atoms with Gasteiger partial charge in [0.2, 0.25) is 0 Å². The van der Waals surface area contributed by atoms with E-state index in [4.69, 9.17) is 9.47 Å². The zero-order chi connectivity index (χ0) is 12.1. The first-order valence-corrected chi connectivity index (χ1v) is 6.78. The van der Waals surface area contributed by atoms with E-state index in [0.717, 1.165) is 45.7 Å². The van der Waals surface area contributed by atoms with Gasteiger partial charge in [0.1, 0.15) is 0 Å². The highest BCUT2D eigenvalue weighted by Crippen LogP contribution is 2.28. The fourth-order valence-corrected chi connectivity index (χ4v) is 2.60. The van der Waals surface area contributed by atoms with Crippen LogP contribution in [0.2, 0.25) is 0 Å². The van der Waals surface area contributed by atoms with Crippen LogP contribution in [0, 0.1) is 5.41 Å². The van der Waals surface area contributed by atoms with Crippen molar-refractivity contribution >= 4 is 0 Å².